The molecule has 20 heavy (non-hydrogen) atoms. The SMILES string of the molecule is COC(=O)C(C)Nc1nccn2nc(C(F)(F)F)cc12. The molecule has 108 valence electrons. The fourth-order valence-electron chi connectivity index (χ4n) is 1.61. The summed E-state index contributed by atoms with van der Waals surface area (Å²) in [6.45, 7) is 1.51. The van der Waals surface area contributed by atoms with E-state index >= 15 is 0 Å². The van der Waals surface area contributed by atoms with Crippen molar-refractivity contribution >= 4 is 17.3 Å². The van der Waals surface area contributed by atoms with Crippen molar-refractivity contribution in [2.75, 3.05) is 12.4 Å². The Bertz CT molecular complexity index is 638. The third-order valence-corrected chi connectivity index (χ3v) is 2.59. The van der Waals surface area contributed by atoms with Crippen LogP contribution in [-0.4, -0.2) is 33.7 Å². The molecule has 0 aliphatic carbocycles. The number of esters is 1. The first-order valence-corrected chi connectivity index (χ1v) is 5.59. The van der Waals surface area contributed by atoms with Gasteiger partial charge in [0.1, 0.15) is 11.6 Å². The van der Waals surface area contributed by atoms with Crippen LogP contribution in [0.4, 0.5) is 19.0 Å². The van der Waals surface area contributed by atoms with Crippen molar-refractivity contribution in [2.24, 2.45) is 0 Å². The number of nitrogens with one attached hydrogen (secondary N) is 1. The van der Waals surface area contributed by atoms with Crippen LogP contribution in [-0.2, 0) is 15.7 Å². The third-order valence-electron chi connectivity index (χ3n) is 2.59. The van der Waals surface area contributed by atoms with Gasteiger partial charge in [0, 0.05) is 18.5 Å². The molecule has 2 heterocycles. The number of rotatable bonds is 3. The summed E-state index contributed by atoms with van der Waals surface area (Å²) in [4.78, 5) is 15.2. The Morgan fingerprint density at radius 1 is 1.50 bits per heavy atom. The summed E-state index contributed by atoms with van der Waals surface area (Å²) in [5, 5.41) is 6.10. The summed E-state index contributed by atoms with van der Waals surface area (Å²) in [5.41, 5.74) is -0.908. The van der Waals surface area contributed by atoms with Gasteiger partial charge in [0.2, 0.25) is 0 Å². The Balaban J connectivity index is 2.39. The molecule has 0 spiro atoms. The Morgan fingerprint density at radius 2 is 2.20 bits per heavy atom. The van der Waals surface area contributed by atoms with E-state index in [0.29, 0.717) is 0 Å². The van der Waals surface area contributed by atoms with Gasteiger partial charge < -0.3 is 10.1 Å². The van der Waals surface area contributed by atoms with Gasteiger partial charge in [-0.15, -0.1) is 0 Å². The van der Waals surface area contributed by atoms with Crippen molar-refractivity contribution in [1.82, 2.24) is 14.6 Å². The highest BCUT2D eigenvalue weighted by atomic mass is 19.4. The quantitative estimate of drug-likeness (QED) is 0.871. The molecule has 0 fully saturated rings. The maximum atomic E-state index is 12.6. The predicted octanol–water partition coefficient (Wildman–Crippen LogP) is 1.72. The average molecular weight is 288 g/mol. The Hall–Kier alpha value is -2.32. The molecule has 1 atom stereocenters. The maximum absolute atomic E-state index is 12.6. The standard InChI is InChI=1S/C11H11F3N4O2/c1-6(10(19)20-2)16-9-7-5-8(11(12,13)14)17-18(7)4-3-15-9/h3-6H,1-2H3,(H,15,16). The molecular formula is C11H11F3N4O2. The minimum Gasteiger partial charge on any atom is -0.467 e. The fourth-order valence-corrected chi connectivity index (χ4v) is 1.61. The van der Waals surface area contributed by atoms with Crippen LogP contribution in [0.2, 0.25) is 0 Å². The number of halogens is 3. The number of fused-ring (bicyclic) bond motifs is 1. The van der Waals surface area contributed by atoms with Crippen LogP contribution in [0, 0.1) is 0 Å². The summed E-state index contributed by atoms with van der Waals surface area (Å²) in [5.74, 6) is -0.433. The first kappa shape index (κ1) is 14.1. The van der Waals surface area contributed by atoms with Crippen LogP contribution in [0.15, 0.2) is 18.5 Å². The molecule has 9 heteroatoms. The van der Waals surface area contributed by atoms with Crippen LogP contribution in [0.25, 0.3) is 5.52 Å². The van der Waals surface area contributed by atoms with E-state index in [0.717, 1.165) is 10.6 Å². The number of carbonyl (C=O) groups is 1. The number of carbonyl (C=O) groups excluding carboxylic acids is 1. The molecular weight excluding hydrogens is 277 g/mol. The van der Waals surface area contributed by atoms with E-state index in [1.165, 1.54) is 26.4 Å². The second-order valence-corrected chi connectivity index (χ2v) is 4.02. The predicted molar refractivity (Wildman–Crippen MR) is 63.1 cm³/mol. The average Bonchev–Trinajstić information content (AvgIpc) is 2.82. The van der Waals surface area contributed by atoms with Crippen LogP contribution < -0.4 is 5.32 Å². The molecule has 2 aromatic rings. The number of aromatic nitrogens is 3. The molecule has 6 nitrogen and oxygen atoms in total. The molecule has 0 aromatic carbocycles. The first-order valence-electron chi connectivity index (χ1n) is 5.59. The van der Waals surface area contributed by atoms with Crippen molar-refractivity contribution in [3.63, 3.8) is 0 Å². The lowest BCUT2D eigenvalue weighted by atomic mass is 10.3. The number of nitrogens with zero attached hydrogens (tertiary/aromatic N) is 3. The van der Waals surface area contributed by atoms with E-state index in [9.17, 15) is 18.0 Å². The number of ether oxygens (including phenoxy) is 1. The molecule has 2 aromatic heterocycles. The van der Waals surface area contributed by atoms with Gasteiger partial charge in [-0.1, -0.05) is 0 Å². The lowest BCUT2D eigenvalue weighted by Crippen LogP contribution is -2.27. The normalized spacial score (nSPS) is 13.2. The molecule has 0 aliphatic heterocycles. The number of hydrogen-bond donors (Lipinski definition) is 1. The number of anilines is 1. The highest BCUT2D eigenvalue weighted by Crippen LogP contribution is 2.30. The Kier molecular flexibility index (Phi) is 3.51. The van der Waals surface area contributed by atoms with E-state index in [1.54, 1.807) is 0 Å². The lowest BCUT2D eigenvalue weighted by molar-refractivity contribution is -0.142. The second-order valence-electron chi connectivity index (χ2n) is 4.02. The van der Waals surface area contributed by atoms with Gasteiger partial charge in [0.05, 0.1) is 7.11 Å². The van der Waals surface area contributed by atoms with E-state index in [4.69, 9.17) is 0 Å². The van der Waals surface area contributed by atoms with Crippen LogP contribution in [0.1, 0.15) is 12.6 Å². The zero-order valence-corrected chi connectivity index (χ0v) is 10.6. The van der Waals surface area contributed by atoms with Gasteiger partial charge in [0.25, 0.3) is 0 Å². The summed E-state index contributed by atoms with van der Waals surface area (Å²) < 4.78 is 43.4. The van der Waals surface area contributed by atoms with Crippen molar-refractivity contribution in [1.29, 1.82) is 0 Å². The van der Waals surface area contributed by atoms with Gasteiger partial charge >= 0.3 is 12.1 Å². The molecule has 1 unspecified atom stereocenters. The van der Waals surface area contributed by atoms with Gasteiger partial charge in [-0.3, -0.25) is 0 Å². The van der Waals surface area contributed by atoms with E-state index in [1.807, 2.05) is 0 Å². The van der Waals surface area contributed by atoms with Crippen LogP contribution in [0.5, 0.6) is 0 Å². The molecule has 0 aliphatic rings. The molecule has 0 amide bonds. The molecule has 2 rings (SSSR count). The highest BCUT2D eigenvalue weighted by molar-refractivity contribution is 5.80. The lowest BCUT2D eigenvalue weighted by Gasteiger charge is -2.12. The third kappa shape index (κ3) is 2.65. The smallest absolute Gasteiger partial charge is 0.435 e. The highest BCUT2D eigenvalue weighted by Gasteiger charge is 2.34. The molecule has 0 bridgehead atoms. The largest absolute Gasteiger partial charge is 0.467 e. The van der Waals surface area contributed by atoms with Gasteiger partial charge in [-0.25, -0.2) is 14.3 Å². The molecule has 1 N–H and O–H groups in total. The summed E-state index contributed by atoms with van der Waals surface area (Å²) in [6.07, 6.45) is -1.97. The number of methoxy groups -OCH3 is 1. The Labute approximate surface area is 111 Å². The zero-order chi connectivity index (χ0) is 14.9. The summed E-state index contributed by atoms with van der Waals surface area (Å²) in [6, 6.07) is 0.113. The van der Waals surface area contributed by atoms with Crippen LogP contribution >= 0.6 is 0 Å². The van der Waals surface area contributed by atoms with E-state index in [-0.39, 0.29) is 11.3 Å². The van der Waals surface area contributed by atoms with Crippen LogP contribution in [0.3, 0.4) is 0 Å². The van der Waals surface area contributed by atoms with Crippen molar-refractivity contribution in [2.45, 2.75) is 19.1 Å². The second kappa shape index (κ2) is 4.99. The molecule has 0 radical (unpaired) electrons. The monoisotopic (exact) mass is 288 g/mol. The molecule has 0 saturated heterocycles. The van der Waals surface area contributed by atoms with Gasteiger partial charge in [-0.2, -0.15) is 18.3 Å². The first-order chi connectivity index (χ1) is 9.32. The minimum absolute atomic E-state index is 0.119. The number of hydrogen-bond acceptors (Lipinski definition) is 5. The fraction of sp³-hybridized carbons (Fsp3) is 0.364. The summed E-state index contributed by atoms with van der Waals surface area (Å²) in [7, 11) is 1.22. The van der Waals surface area contributed by atoms with E-state index in [2.05, 4.69) is 20.1 Å². The Morgan fingerprint density at radius 3 is 2.80 bits per heavy atom. The maximum Gasteiger partial charge on any atom is 0.435 e. The van der Waals surface area contributed by atoms with Crippen molar-refractivity contribution in [3.8, 4) is 0 Å². The topological polar surface area (TPSA) is 68.5 Å². The van der Waals surface area contributed by atoms with E-state index < -0.39 is 23.9 Å². The van der Waals surface area contributed by atoms with Crippen molar-refractivity contribution in [3.05, 3.63) is 24.2 Å². The number of alkyl halides is 3. The summed E-state index contributed by atoms with van der Waals surface area (Å²) >= 11 is 0. The van der Waals surface area contributed by atoms with Gasteiger partial charge in [0.15, 0.2) is 11.5 Å². The zero-order valence-electron chi connectivity index (χ0n) is 10.6. The van der Waals surface area contributed by atoms with Gasteiger partial charge in [-0.05, 0) is 6.92 Å². The molecule has 0 saturated carbocycles. The van der Waals surface area contributed by atoms with Crippen molar-refractivity contribution < 1.29 is 22.7 Å². The minimum atomic E-state index is -4.54.